The molecule has 1 aliphatic heterocycles. The number of aryl methyl sites for hydroxylation is 1. The molecule has 1 fully saturated rings. The van der Waals surface area contributed by atoms with E-state index in [0.717, 1.165) is 34.5 Å². The van der Waals surface area contributed by atoms with Crippen LogP contribution in [-0.2, 0) is 7.05 Å². The lowest BCUT2D eigenvalue weighted by Crippen LogP contribution is -2.18. The standard InChI is InChI=1S/C15H16BrN3O2/c1-18-13(9-11(17-18)15(20)21)14-10(16)5-4-6-12(14)19-7-2-3-8-19/h4-6,9H,2-3,7-8H2,1H3,(H,20,21). The number of benzene rings is 1. The Bertz CT molecular complexity index is 690. The van der Waals surface area contributed by atoms with E-state index in [1.54, 1.807) is 17.8 Å². The van der Waals surface area contributed by atoms with Crippen molar-refractivity contribution in [3.05, 3.63) is 34.4 Å². The number of aromatic nitrogens is 2. The van der Waals surface area contributed by atoms with Crippen molar-refractivity contribution in [1.82, 2.24) is 9.78 Å². The monoisotopic (exact) mass is 349 g/mol. The highest BCUT2D eigenvalue weighted by atomic mass is 79.9. The summed E-state index contributed by atoms with van der Waals surface area (Å²) in [5.74, 6) is -1.01. The molecule has 1 aromatic carbocycles. The lowest BCUT2D eigenvalue weighted by Gasteiger charge is -2.22. The van der Waals surface area contributed by atoms with E-state index < -0.39 is 5.97 Å². The average molecular weight is 350 g/mol. The quantitative estimate of drug-likeness (QED) is 0.924. The van der Waals surface area contributed by atoms with Gasteiger partial charge < -0.3 is 10.0 Å². The summed E-state index contributed by atoms with van der Waals surface area (Å²) < 4.78 is 2.58. The Morgan fingerprint density at radius 2 is 2.05 bits per heavy atom. The molecule has 6 heteroatoms. The Morgan fingerprint density at radius 1 is 1.33 bits per heavy atom. The van der Waals surface area contributed by atoms with Crippen molar-refractivity contribution in [1.29, 1.82) is 0 Å². The summed E-state index contributed by atoms with van der Waals surface area (Å²) in [5, 5.41) is 13.2. The van der Waals surface area contributed by atoms with E-state index in [1.165, 1.54) is 12.8 Å². The number of hydrogen-bond donors (Lipinski definition) is 1. The van der Waals surface area contributed by atoms with Crippen LogP contribution < -0.4 is 4.90 Å². The average Bonchev–Trinajstić information content (AvgIpc) is 3.08. The number of carboxylic acid groups (broad SMARTS) is 1. The fourth-order valence-electron chi connectivity index (χ4n) is 2.79. The third-order valence-electron chi connectivity index (χ3n) is 3.79. The lowest BCUT2D eigenvalue weighted by atomic mass is 10.1. The van der Waals surface area contributed by atoms with Gasteiger partial charge in [0.15, 0.2) is 5.69 Å². The molecule has 2 heterocycles. The Hall–Kier alpha value is -1.82. The zero-order valence-corrected chi connectivity index (χ0v) is 13.3. The molecule has 0 radical (unpaired) electrons. The van der Waals surface area contributed by atoms with Gasteiger partial charge in [0.25, 0.3) is 0 Å². The summed E-state index contributed by atoms with van der Waals surface area (Å²) in [4.78, 5) is 13.5. The van der Waals surface area contributed by atoms with Crippen LogP contribution >= 0.6 is 15.9 Å². The SMILES string of the molecule is Cn1nc(C(=O)O)cc1-c1c(Br)cccc1N1CCCC1. The lowest BCUT2D eigenvalue weighted by molar-refractivity contribution is 0.0689. The molecule has 0 amide bonds. The Labute approximate surface area is 131 Å². The first-order chi connectivity index (χ1) is 10.1. The highest BCUT2D eigenvalue weighted by Gasteiger charge is 2.22. The second-order valence-corrected chi connectivity index (χ2v) is 6.03. The van der Waals surface area contributed by atoms with Gasteiger partial charge in [0.05, 0.1) is 5.69 Å². The van der Waals surface area contributed by atoms with Crippen LogP contribution in [-0.4, -0.2) is 33.9 Å². The number of carbonyl (C=O) groups is 1. The minimum atomic E-state index is -1.01. The van der Waals surface area contributed by atoms with E-state index in [0.29, 0.717) is 0 Å². The van der Waals surface area contributed by atoms with Gasteiger partial charge in [-0.25, -0.2) is 4.79 Å². The molecule has 1 aromatic heterocycles. The van der Waals surface area contributed by atoms with Crippen LogP contribution in [0.1, 0.15) is 23.3 Å². The summed E-state index contributed by atoms with van der Waals surface area (Å²) in [6, 6.07) is 7.69. The van der Waals surface area contributed by atoms with E-state index >= 15 is 0 Å². The summed E-state index contributed by atoms with van der Waals surface area (Å²) in [6.45, 7) is 2.07. The highest BCUT2D eigenvalue weighted by Crippen LogP contribution is 2.38. The van der Waals surface area contributed by atoms with E-state index in [9.17, 15) is 4.79 Å². The van der Waals surface area contributed by atoms with Gasteiger partial charge in [0, 0.05) is 35.9 Å². The minimum absolute atomic E-state index is 0.0654. The van der Waals surface area contributed by atoms with E-state index in [1.807, 2.05) is 12.1 Å². The van der Waals surface area contributed by atoms with Crippen LogP contribution in [0.5, 0.6) is 0 Å². The molecule has 0 saturated carbocycles. The maximum Gasteiger partial charge on any atom is 0.356 e. The van der Waals surface area contributed by atoms with Gasteiger partial charge in [0.2, 0.25) is 0 Å². The number of nitrogens with zero attached hydrogens (tertiary/aromatic N) is 3. The zero-order valence-electron chi connectivity index (χ0n) is 11.7. The molecule has 1 aliphatic rings. The molecule has 5 nitrogen and oxygen atoms in total. The van der Waals surface area contributed by atoms with E-state index in [2.05, 4.69) is 32.0 Å². The topological polar surface area (TPSA) is 58.4 Å². The maximum atomic E-state index is 11.1. The largest absolute Gasteiger partial charge is 0.476 e. The first-order valence-corrected chi connectivity index (χ1v) is 7.68. The van der Waals surface area contributed by atoms with Crippen molar-refractivity contribution in [3.63, 3.8) is 0 Å². The number of hydrogen-bond acceptors (Lipinski definition) is 3. The first-order valence-electron chi connectivity index (χ1n) is 6.89. The number of anilines is 1. The third kappa shape index (κ3) is 2.55. The van der Waals surface area contributed by atoms with E-state index in [-0.39, 0.29) is 5.69 Å². The van der Waals surface area contributed by atoms with Gasteiger partial charge in [-0.1, -0.05) is 22.0 Å². The number of rotatable bonds is 3. The minimum Gasteiger partial charge on any atom is -0.476 e. The summed E-state index contributed by atoms with van der Waals surface area (Å²) in [6.07, 6.45) is 2.38. The maximum absolute atomic E-state index is 11.1. The van der Waals surface area contributed by atoms with Crippen molar-refractivity contribution >= 4 is 27.6 Å². The van der Waals surface area contributed by atoms with Gasteiger partial charge in [-0.15, -0.1) is 0 Å². The fraction of sp³-hybridized carbons (Fsp3) is 0.333. The molecule has 0 spiro atoms. The molecule has 21 heavy (non-hydrogen) atoms. The normalized spacial score (nSPS) is 14.7. The Balaban J connectivity index is 2.15. The summed E-state index contributed by atoms with van der Waals surface area (Å²) in [7, 11) is 1.77. The molecule has 0 aliphatic carbocycles. The van der Waals surface area contributed by atoms with Crippen molar-refractivity contribution in [3.8, 4) is 11.3 Å². The van der Waals surface area contributed by atoms with Crippen LogP contribution in [0, 0.1) is 0 Å². The van der Waals surface area contributed by atoms with Crippen LogP contribution in [0.3, 0.4) is 0 Å². The summed E-state index contributed by atoms with van der Waals surface area (Å²) >= 11 is 3.60. The fourth-order valence-corrected chi connectivity index (χ4v) is 3.35. The number of carboxylic acids is 1. The zero-order chi connectivity index (χ0) is 15.0. The predicted molar refractivity (Wildman–Crippen MR) is 84.8 cm³/mol. The van der Waals surface area contributed by atoms with Gasteiger partial charge in [-0.3, -0.25) is 4.68 Å². The second kappa shape index (κ2) is 5.52. The molecule has 0 bridgehead atoms. The smallest absolute Gasteiger partial charge is 0.356 e. The van der Waals surface area contributed by atoms with Crippen LogP contribution in [0.2, 0.25) is 0 Å². The second-order valence-electron chi connectivity index (χ2n) is 5.17. The molecule has 0 atom stereocenters. The summed E-state index contributed by atoms with van der Waals surface area (Å²) in [5.41, 5.74) is 3.00. The molecule has 110 valence electrons. The predicted octanol–water partition coefficient (Wildman–Crippen LogP) is 3.15. The van der Waals surface area contributed by atoms with E-state index in [4.69, 9.17) is 5.11 Å². The van der Waals surface area contributed by atoms with Crippen LogP contribution in [0.15, 0.2) is 28.7 Å². The third-order valence-corrected chi connectivity index (χ3v) is 4.45. The first kappa shape index (κ1) is 14.1. The Kier molecular flexibility index (Phi) is 3.71. The van der Waals surface area contributed by atoms with Gasteiger partial charge >= 0.3 is 5.97 Å². The van der Waals surface area contributed by atoms with Gasteiger partial charge in [-0.2, -0.15) is 5.10 Å². The number of halogens is 1. The molecular formula is C15H16BrN3O2. The van der Waals surface area contributed by atoms with Gasteiger partial charge in [0.1, 0.15) is 0 Å². The molecule has 0 unspecified atom stereocenters. The molecule has 1 saturated heterocycles. The number of aromatic carboxylic acids is 1. The highest BCUT2D eigenvalue weighted by molar-refractivity contribution is 9.10. The van der Waals surface area contributed by atoms with Crippen LogP contribution in [0.25, 0.3) is 11.3 Å². The van der Waals surface area contributed by atoms with Crippen molar-refractivity contribution in [2.24, 2.45) is 7.05 Å². The Morgan fingerprint density at radius 3 is 2.67 bits per heavy atom. The van der Waals surface area contributed by atoms with Crippen LogP contribution in [0.4, 0.5) is 5.69 Å². The van der Waals surface area contributed by atoms with Crippen molar-refractivity contribution in [2.75, 3.05) is 18.0 Å². The van der Waals surface area contributed by atoms with Crippen molar-refractivity contribution < 1.29 is 9.90 Å². The molecule has 3 rings (SSSR count). The van der Waals surface area contributed by atoms with Crippen molar-refractivity contribution in [2.45, 2.75) is 12.8 Å². The molecule has 2 aromatic rings. The molecular weight excluding hydrogens is 334 g/mol. The van der Waals surface area contributed by atoms with Gasteiger partial charge in [-0.05, 0) is 31.0 Å². The molecule has 1 N–H and O–H groups in total.